The molecule has 0 bridgehead atoms. The number of anilines is 1. The Morgan fingerprint density at radius 1 is 0.886 bits per heavy atom. The van der Waals surface area contributed by atoms with Crippen molar-refractivity contribution in [2.45, 2.75) is 32.2 Å². The molecule has 8 heteroatoms. The van der Waals surface area contributed by atoms with Crippen molar-refractivity contribution in [1.29, 1.82) is 0 Å². The van der Waals surface area contributed by atoms with E-state index in [1.54, 1.807) is 12.1 Å². The van der Waals surface area contributed by atoms with Gasteiger partial charge in [-0.1, -0.05) is 60.5 Å². The number of imidazole rings is 1. The molecule has 1 N–H and O–H groups in total. The van der Waals surface area contributed by atoms with Crippen molar-refractivity contribution in [3.63, 3.8) is 0 Å². The molecule has 35 heavy (non-hydrogen) atoms. The summed E-state index contributed by atoms with van der Waals surface area (Å²) in [6.45, 7) is 3.60. The molecule has 3 heterocycles. The van der Waals surface area contributed by atoms with Crippen LogP contribution < -0.4 is 5.32 Å². The predicted octanol–water partition coefficient (Wildman–Crippen LogP) is 4.33. The maximum atomic E-state index is 13.6. The Labute approximate surface area is 210 Å². The first-order valence-corrected chi connectivity index (χ1v) is 12.7. The molecular weight excluding hydrogens is 462 g/mol. The summed E-state index contributed by atoms with van der Waals surface area (Å²) in [6.07, 6.45) is 4.22. The van der Waals surface area contributed by atoms with Gasteiger partial charge in [-0.05, 0) is 31.4 Å². The molecule has 5 rings (SSSR count). The number of aromatic nitrogens is 2. The molecule has 2 amide bonds. The number of benzene rings is 2. The standard InChI is InChI=1S/C27H30ClN5O2/c28-21-11-6-7-12-22(21)29-24(34)19-31-15-17-32(18-16-31)27(35)25-23-13-5-2-8-14-33(23)26(30-25)20-9-3-1-4-10-20/h1,3-4,6-7,9-12H,2,5,8,13-19H2,(H,29,34). The van der Waals surface area contributed by atoms with Gasteiger partial charge in [0, 0.05) is 38.3 Å². The second-order valence-electron chi connectivity index (χ2n) is 9.16. The number of para-hydroxylation sites is 1. The molecule has 182 valence electrons. The Hall–Kier alpha value is -3.16. The summed E-state index contributed by atoms with van der Waals surface area (Å²) < 4.78 is 2.25. The van der Waals surface area contributed by atoms with Crippen molar-refractivity contribution >= 4 is 29.1 Å². The van der Waals surface area contributed by atoms with Gasteiger partial charge in [-0.25, -0.2) is 4.98 Å². The van der Waals surface area contributed by atoms with E-state index in [-0.39, 0.29) is 18.4 Å². The largest absolute Gasteiger partial charge is 0.335 e. The molecule has 0 unspecified atom stereocenters. The van der Waals surface area contributed by atoms with E-state index in [4.69, 9.17) is 16.6 Å². The number of hydrogen-bond acceptors (Lipinski definition) is 4. The first-order chi connectivity index (χ1) is 17.1. The zero-order valence-electron chi connectivity index (χ0n) is 19.8. The number of amides is 2. The highest BCUT2D eigenvalue weighted by molar-refractivity contribution is 6.33. The number of rotatable bonds is 5. The monoisotopic (exact) mass is 491 g/mol. The number of nitrogens with zero attached hydrogens (tertiary/aromatic N) is 4. The molecule has 0 atom stereocenters. The second kappa shape index (κ2) is 10.6. The number of piperazine rings is 1. The van der Waals surface area contributed by atoms with Crippen LogP contribution in [0.3, 0.4) is 0 Å². The van der Waals surface area contributed by atoms with Gasteiger partial charge in [0.25, 0.3) is 5.91 Å². The summed E-state index contributed by atoms with van der Waals surface area (Å²) in [7, 11) is 0. The van der Waals surface area contributed by atoms with E-state index in [0.717, 1.165) is 42.9 Å². The van der Waals surface area contributed by atoms with Crippen LogP contribution in [0, 0.1) is 0 Å². The lowest BCUT2D eigenvalue weighted by Crippen LogP contribution is -2.50. The zero-order valence-corrected chi connectivity index (χ0v) is 20.5. The molecule has 2 aliphatic heterocycles. The van der Waals surface area contributed by atoms with Crippen LogP contribution in [0.2, 0.25) is 5.02 Å². The molecule has 1 aromatic heterocycles. The van der Waals surface area contributed by atoms with Crippen molar-refractivity contribution in [1.82, 2.24) is 19.4 Å². The van der Waals surface area contributed by atoms with E-state index in [2.05, 4.69) is 26.9 Å². The molecule has 1 fully saturated rings. The number of nitrogens with one attached hydrogen (secondary N) is 1. The van der Waals surface area contributed by atoms with Crippen molar-refractivity contribution in [2.24, 2.45) is 0 Å². The fraction of sp³-hybridized carbons (Fsp3) is 0.370. The van der Waals surface area contributed by atoms with Gasteiger partial charge in [-0.15, -0.1) is 0 Å². The quantitative estimate of drug-likeness (QED) is 0.577. The van der Waals surface area contributed by atoms with Crippen molar-refractivity contribution in [2.75, 3.05) is 38.0 Å². The predicted molar refractivity (Wildman–Crippen MR) is 138 cm³/mol. The minimum absolute atomic E-state index is 0.00185. The topological polar surface area (TPSA) is 70.5 Å². The van der Waals surface area contributed by atoms with Crippen LogP contribution in [-0.2, 0) is 17.8 Å². The van der Waals surface area contributed by atoms with Crippen LogP contribution in [-0.4, -0.2) is 63.9 Å². The van der Waals surface area contributed by atoms with Gasteiger partial charge in [-0.2, -0.15) is 0 Å². The zero-order chi connectivity index (χ0) is 24.2. The molecule has 2 aromatic carbocycles. The SMILES string of the molecule is O=C(CN1CCN(C(=O)c2nc(-c3ccccc3)n3c2CCCCC3)CC1)Nc1ccccc1Cl. The summed E-state index contributed by atoms with van der Waals surface area (Å²) in [5.41, 5.74) is 3.32. The minimum atomic E-state index is -0.107. The van der Waals surface area contributed by atoms with Crippen LogP contribution >= 0.6 is 11.6 Å². The maximum Gasteiger partial charge on any atom is 0.274 e. The van der Waals surface area contributed by atoms with Gasteiger partial charge < -0.3 is 14.8 Å². The molecule has 0 spiro atoms. The third-order valence-corrected chi connectivity index (χ3v) is 7.11. The maximum absolute atomic E-state index is 13.6. The van der Waals surface area contributed by atoms with Crippen molar-refractivity contribution in [3.05, 3.63) is 71.0 Å². The molecular formula is C27H30ClN5O2. The Morgan fingerprint density at radius 3 is 2.40 bits per heavy atom. The number of carbonyl (C=O) groups is 2. The fourth-order valence-corrected chi connectivity index (χ4v) is 5.10. The summed E-state index contributed by atoms with van der Waals surface area (Å²) in [5, 5.41) is 3.39. The highest BCUT2D eigenvalue weighted by Crippen LogP contribution is 2.28. The van der Waals surface area contributed by atoms with Crippen molar-refractivity contribution < 1.29 is 9.59 Å². The van der Waals surface area contributed by atoms with E-state index in [9.17, 15) is 9.59 Å². The Kier molecular flexibility index (Phi) is 7.16. The highest BCUT2D eigenvalue weighted by Gasteiger charge is 2.29. The molecule has 2 aliphatic rings. The lowest BCUT2D eigenvalue weighted by molar-refractivity contribution is -0.117. The number of halogens is 1. The van der Waals surface area contributed by atoms with Crippen LogP contribution in [0.15, 0.2) is 54.6 Å². The van der Waals surface area contributed by atoms with Crippen molar-refractivity contribution in [3.8, 4) is 11.4 Å². The fourth-order valence-electron chi connectivity index (χ4n) is 4.91. The Balaban J connectivity index is 1.25. The lowest BCUT2D eigenvalue weighted by Gasteiger charge is -2.34. The lowest BCUT2D eigenvalue weighted by atomic mass is 10.1. The first kappa shape index (κ1) is 23.6. The third-order valence-electron chi connectivity index (χ3n) is 6.78. The second-order valence-corrected chi connectivity index (χ2v) is 9.56. The van der Waals surface area contributed by atoms with E-state index >= 15 is 0 Å². The highest BCUT2D eigenvalue weighted by atomic mass is 35.5. The molecule has 0 saturated carbocycles. The number of carbonyl (C=O) groups excluding carboxylic acids is 2. The van der Waals surface area contributed by atoms with Gasteiger partial charge in [0.2, 0.25) is 5.91 Å². The average molecular weight is 492 g/mol. The summed E-state index contributed by atoms with van der Waals surface area (Å²) in [5.74, 6) is 0.781. The van der Waals surface area contributed by atoms with E-state index in [1.165, 1.54) is 6.42 Å². The van der Waals surface area contributed by atoms with Gasteiger partial charge >= 0.3 is 0 Å². The van der Waals surface area contributed by atoms with Crippen LogP contribution in [0.25, 0.3) is 11.4 Å². The first-order valence-electron chi connectivity index (χ1n) is 12.3. The molecule has 3 aromatic rings. The summed E-state index contributed by atoms with van der Waals surface area (Å²) in [6, 6.07) is 17.3. The molecule has 7 nitrogen and oxygen atoms in total. The summed E-state index contributed by atoms with van der Waals surface area (Å²) in [4.78, 5) is 34.9. The Morgan fingerprint density at radius 2 is 1.63 bits per heavy atom. The molecule has 0 aliphatic carbocycles. The van der Waals surface area contributed by atoms with Gasteiger partial charge in [0.05, 0.1) is 22.9 Å². The van der Waals surface area contributed by atoms with Gasteiger partial charge in [-0.3, -0.25) is 14.5 Å². The molecule has 1 saturated heterocycles. The van der Waals surface area contributed by atoms with Gasteiger partial charge in [0.15, 0.2) is 0 Å². The number of fused-ring (bicyclic) bond motifs is 1. The Bertz CT molecular complexity index is 1200. The van der Waals surface area contributed by atoms with E-state index in [1.807, 2.05) is 35.2 Å². The van der Waals surface area contributed by atoms with E-state index < -0.39 is 0 Å². The molecule has 0 radical (unpaired) electrons. The third kappa shape index (κ3) is 5.26. The summed E-state index contributed by atoms with van der Waals surface area (Å²) >= 11 is 6.14. The minimum Gasteiger partial charge on any atom is -0.335 e. The van der Waals surface area contributed by atoms with Crippen LogP contribution in [0.5, 0.6) is 0 Å². The number of hydrogen-bond donors (Lipinski definition) is 1. The van der Waals surface area contributed by atoms with Crippen LogP contribution in [0.1, 0.15) is 35.4 Å². The smallest absolute Gasteiger partial charge is 0.274 e. The normalized spacial score (nSPS) is 16.4. The average Bonchev–Trinajstić information content (AvgIpc) is 3.06. The van der Waals surface area contributed by atoms with E-state index in [0.29, 0.717) is 42.6 Å². The van der Waals surface area contributed by atoms with Crippen LogP contribution in [0.4, 0.5) is 5.69 Å². The van der Waals surface area contributed by atoms with Gasteiger partial charge in [0.1, 0.15) is 11.5 Å².